The molecule has 0 bridgehead atoms. The third-order valence-electron chi connectivity index (χ3n) is 3.68. The number of unbranched alkanes of at least 4 members (excludes halogenated alkanes) is 1. The van der Waals surface area contributed by atoms with Crippen LogP contribution in [0.3, 0.4) is 0 Å². The molecule has 0 radical (unpaired) electrons. The normalized spacial score (nSPS) is 28.1. The summed E-state index contributed by atoms with van der Waals surface area (Å²) in [5, 5.41) is 0. The predicted molar refractivity (Wildman–Crippen MR) is 59.3 cm³/mol. The van der Waals surface area contributed by atoms with Crippen molar-refractivity contribution in [1.29, 1.82) is 0 Å². The molecule has 17 heavy (non-hydrogen) atoms. The highest BCUT2D eigenvalue weighted by Crippen LogP contribution is 2.39. The van der Waals surface area contributed by atoms with Gasteiger partial charge in [0, 0.05) is 0 Å². The van der Waals surface area contributed by atoms with E-state index in [2.05, 4.69) is 0 Å². The summed E-state index contributed by atoms with van der Waals surface area (Å²) < 4.78 is 49.7. The summed E-state index contributed by atoms with van der Waals surface area (Å²) in [6, 6.07) is 0. The van der Waals surface area contributed by atoms with Gasteiger partial charge in [0.25, 0.3) is 0 Å². The Morgan fingerprint density at radius 1 is 1.06 bits per heavy atom. The molecule has 1 atom stereocenters. The minimum absolute atomic E-state index is 0.369. The van der Waals surface area contributed by atoms with Gasteiger partial charge in [-0.15, -0.1) is 0 Å². The minimum Gasteiger partial charge on any atom is -0.330 e. The number of halogens is 4. The largest absolute Gasteiger partial charge is 0.419 e. The molecule has 0 aromatic carbocycles. The zero-order valence-electron chi connectivity index (χ0n) is 9.98. The van der Waals surface area contributed by atoms with Crippen LogP contribution in [-0.4, -0.2) is 18.9 Å². The van der Waals surface area contributed by atoms with E-state index >= 15 is 0 Å². The van der Waals surface area contributed by atoms with Gasteiger partial charge in [0.15, 0.2) is 6.17 Å². The van der Waals surface area contributed by atoms with Crippen molar-refractivity contribution < 1.29 is 17.6 Å². The summed E-state index contributed by atoms with van der Waals surface area (Å²) in [7, 11) is 0. The van der Waals surface area contributed by atoms with Crippen LogP contribution in [0.2, 0.25) is 0 Å². The zero-order chi connectivity index (χ0) is 12.9. The van der Waals surface area contributed by atoms with E-state index in [9.17, 15) is 17.6 Å². The Kier molecular flexibility index (Phi) is 5.70. The van der Waals surface area contributed by atoms with Crippen LogP contribution >= 0.6 is 0 Å². The Morgan fingerprint density at radius 2 is 1.65 bits per heavy atom. The van der Waals surface area contributed by atoms with Crippen LogP contribution in [0, 0.1) is 11.8 Å². The number of hydrogen-bond acceptors (Lipinski definition) is 1. The molecule has 0 aliphatic heterocycles. The number of rotatable bonds is 5. The minimum atomic E-state index is -4.68. The first-order chi connectivity index (χ1) is 7.95. The molecule has 1 aliphatic carbocycles. The first-order valence-corrected chi connectivity index (χ1v) is 6.36. The van der Waals surface area contributed by atoms with E-state index in [0.29, 0.717) is 25.3 Å². The molecule has 102 valence electrons. The summed E-state index contributed by atoms with van der Waals surface area (Å²) in [6.45, 7) is 0.663. The van der Waals surface area contributed by atoms with E-state index in [1.165, 1.54) is 0 Å². The monoisotopic (exact) mass is 255 g/mol. The lowest BCUT2D eigenvalue weighted by atomic mass is 9.78. The molecular formula is C12H21F4N. The van der Waals surface area contributed by atoms with E-state index in [0.717, 1.165) is 32.1 Å². The van der Waals surface area contributed by atoms with E-state index in [4.69, 9.17) is 5.73 Å². The van der Waals surface area contributed by atoms with Crippen molar-refractivity contribution in [2.75, 3.05) is 6.54 Å². The SMILES string of the molecule is NCCCCC1CCC(C(F)C(F)(F)F)CC1. The van der Waals surface area contributed by atoms with Crippen molar-refractivity contribution in [2.45, 2.75) is 57.3 Å². The maximum Gasteiger partial charge on any atom is 0.419 e. The Balaban J connectivity index is 2.26. The van der Waals surface area contributed by atoms with Gasteiger partial charge < -0.3 is 5.73 Å². The van der Waals surface area contributed by atoms with Gasteiger partial charge in [-0.1, -0.05) is 25.7 Å². The second kappa shape index (κ2) is 6.57. The molecule has 0 saturated heterocycles. The Labute approximate surface area is 99.7 Å². The van der Waals surface area contributed by atoms with Crippen molar-refractivity contribution in [3.05, 3.63) is 0 Å². The fourth-order valence-corrected chi connectivity index (χ4v) is 2.61. The van der Waals surface area contributed by atoms with Crippen LogP contribution in [0.15, 0.2) is 0 Å². The predicted octanol–water partition coefficient (Wildman–Crippen LogP) is 3.82. The lowest BCUT2D eigenvalue weighted by Crippen LogP contribution is -2.34. The van der Waals surface area contributed by atoms with Crippen LogP contribution in [0.5, 0.6) is 0 Å². The molecule has 1 unspecified atom stereocenters. The van der Waals surface area contributed by atoms with Crippen molar-refractivity contribution >= 4 is 0 Å². The fraction of sp³-hybridized carbons (Fsp3) is 1.00. The summed E-state index contributed by atoms with van der Waals surface area (Å²) in [5.41, 5.74) is 5.38. The lowest BCUT2D eigenvalue weighted by Gasteiger charge is -2.31. The quantitative estimate of drug-likeness (QED) is 0.586. The average molecular weight is 255 g/mol. The molecule has 0 amide bonds. The Bertz CT molecular complexity index is 209. The highest BCUT2D eigenvalue weighted by Gasteiger charge is 2.45. The molecule has 1 rings (SSSR count). The summed E-state index contributed by atoms with van der Waals surface area (Å²) in [4.78, 5) is 0. The van der Waals surface area contributed by atoms with Gasteiger partial charge in [-0.2, -0.15) is 13.2 Å². The molecule has 1 fully saturated rings. The van der Waals surface area contributed by atoms with Crippen molar-refractivity contribution in [2.24, 2.45) is 17.6 Å². The standard InChI is InChI=1S/C12H21F4N/c13-11(12(14,15)16)10-6-4-9(5-7-10)3-1-2-8-17/h9-11H,1-8,17H2. The van der Waals surface area contributed by atoms with E-state index in [1.807, 2.05) is 0 Å². The molecule has 5 heteroatoms. The third kappa shape index (κ3) is 4.82. The maximum absolute atomic E-state index is 13.1. The zero-order valence-corrected chi connectivity index (χ0v) is 9.98. The van der Waals surface area contributed by atoms with Gasteiger partial charge in [-0.3, -0.25) is 0 Å². The van der Waals surface area contributed by atoms with Crippen LogP contribution in [0.4, 0.5) is 17.6 Å². The lowest BCUT2D eigenvalue weighted by molar-refractivity contribution is -0.197. The van der Waals surface area contributed by atoms with E-state index < -0.39 is 18.3 Å². The van der Waals surface area contributed by atoms with Crippen LogP contribution in [0.1, 0.15) is 44.9 Å². The number of hydrogen-bond donors (Lipinski definition) is 1. The molecule has 2 N–H and O–H groups in total. The highest BCUT2D eigenvalue weighted by atomic mass is 19.4. The van der Waals surface area contributed by atoms with Crippen molar-refractivity contribution in [3.8, 4) is 0 Å². The number of nitrogens with two attached hydrogens (primary N) is 1. The maximum atomic E-state index is 13.1. The average Bonchev–Trinajstić information content (AvgIpc) is 2.28. The van der Waals surface area contributed by atoms with E-state index in [-0.39, 0.29) is 0 Å². The molecule has 0 aromatic rings. The van der Waals surface area contributed by atoms with Crippen LogP contribution in [-0.2, 0) is 0 Å². The smallest absolute Gasteiger partial charge is 0.330 e. The summed E-state index contributed by atoms with van der Waals surface area (Å²) in [6.07, 6.45) is -2.10. The van der Waals surface area contributed by atoms with Crippen molar-refractivity contribution in [3.63, 3.8) is 0 Å². The number of alkyl halides is 4. The molecule has 1 nitrogen and oxygen atoms in total. The molecule has 0 spiro atoms. The second-order valence-corrected chi connectivity index (χ2v) is 5.01. The summed E-state index contributed by atoms with van der Waals surface area (Å²) >= 11 is 0. The van der Waals surface area contributed by atoms with Gasteiger partial charge in [-0.05, 0) is 37.6 Å². The molecular weight excluding hydrogens is 234 g/mol. The first-order valence-electron chi connectivity index (χ1n) is 6.36. The van der Waals surface area contributed by atoms with Gasteiger partial charge in [0.2, 0.25) is 0 Å². The summed E-state index contributed by atoms with van der Waals surface area (Å²) in [5.74, 6) is -0.348. The van der Waals surface area contributed by atoms with Gasteiger partial charge in [0.1, 0.15) is 0 Å². The topological polar surface area (TPSA) is 26.0 Å². The Hall–Kier alpha value is -0.320. The molecule has 0 aromatic heterocycles. The van der Waals surface area contributed by atoms with Gasteiger partial charge in [0.05, 0.1) is 0 Å². The Morgan fingerprint density at radius 3 is 2.12 bits per heavy atom. The van der Waals surface area contributed by atoms with Crippen LogP contribution < -0.4 is 5.73 Å². The first kappa shape index (κ1) is 14.7. The second-order valence-electron chi connectivity index (χ2n) is 5.01. The molecule has 1 aliphatic rings. The fourth-order valence-electron chi connectivity index (χ4n) is 2.61. The van der Waals surface area contributed by atoms with E-state index in [1.54, 1.807) is 0 Å². The highest BCUT2D eigenvalue weighted by molar-refractivity contribution is 4.81. The third-order valence-corrected chi connectivity index (χ3v) is 3.68. The van der Waals surface area contributed by atoms with Crippen LogP contribution in [0.25, 0.3) is 0 Å². The molecule has 0 heterocycles. The molecule has 1 saturated carbocycles. The van der Waals surface area contributed by atoms with Gasteiger partial charge >= 0.3 is 6.18 Å². The van der Waals surface area contributed by atoms with Gasteiger partial charge in [-0.25, -0.2) is 4.39 Å². The van der Waals surface area contributed by atoms with Crippen molar-refractivity contribution in [1.82, 2.24) is 0 Å².